The molecule has 0 saturated carbocycles. The van der Waals surface area contributed by atoms with Gasteiger partial charge in [-0.3, -0.25) is 5.10 Å². The third-order valence-corrected chi connectivity index (χ3v) is 3.64. The van der Waals surface area contributed by atoms with Gasteiger partial charge in [-0.1, -0.05) is 17.3 Å². The molecule has 0 atom stereocenters. The summed E-state index contributed by atoms with van der Waals surface area (Å²) < 4.78 is 10.7. The summed E-state index contributed by atoms with van der Waals surface area (Å²) in [5.74, 6) is 1.43. The molecule has 8 nitrogen and oxygen atoms in total. The van der Waals surface area contributed by atoms with Crippen molar-refractivity contribution in [1.82, 2.24) is 30.5 Å². The maximum absolute atomic E-state index is 5.37. The maximum Gasteiger partial charge on any atom is 0.276 e. The quantitative estimate of drug-likeness (QED) is 0.612. The Kier molecular flexibility index (Phi) is 3.70. The molecule has 0 aliphatic heterocycles. The third kappa shape index (κ3) is 2.85. The van der Waals surface area contributed by atoms with Gasteiger partial charge in [0.15, 0.2) is 0 Å². The average Bonchev–Trinajstić information content (AvgIpc) is 3.32. The first-order valence-corrected chi connectivity index (χ1v) is 7.58. The van der Waals surface area contributed by atoms with Crippen LogP contribution in [-0.4, -0.2) is 37.6 Å². The predicted molar refractivity (Wildman–Crippen MR) is 89.6 cm³/mol. The van der Waals surface area contributed by atoms with Gasteiger partial charge >= 0.3 is 0 Å². The van der Waals surface area contributed by atoms with Crippen molar-refractivity contribution < 1.29 is 9.26 Å². The van der Waals surface area contributed by atoms with E-state index in [1.807, 2.05) is 43.3 Å². The lowest BCUT2D eigenvalue weighted by atomic mass is 10.1. The Bertz CT molecular complexity index is 1010. The number of aromatic amines is 1. The smallest absolute Gasteiger partial charge is 0.276 e. The summed E-state index contributed by atoms with van der Waals surface area (Å²) in [6.07, 6.45) is 0. The maximum atomic E-state index is 5.37. The Labute approximate surface area is 142 Å². The van der Waals surface area contributed by atoms with Crippen LogP contribution in [0.2, 0.25) is 0 Å². The first kappa shape index (κ1) is 15.0. The molecule has 0 amide bonds. The molecule has 1 aromatic carbocycles. The van der Waals surface area contributed by atoms with Crippen LogP contribution in [-0.2, 0) is 0 Å². The molecule has 0 aliphatic rings. The fourth-order valence-corrected chi connectivity index (χ4v) is 2.38. The monoisotopic (exact) mass is 334 g/mol. The molecule has 1 N–H and O–H groups in total. The summed E-state index contributed by atoms with van der Waals surface area (Å²) in [6, 6.07) is 13.1. The molecule has 0 spiro atoms. The summed E-state index contributed by atoms with van der Waals surface area (Å²) in [6.45, 7) is 1.86. The number of hydrogen-bond acceptors (Lipinski definition) is 7. The Morgan fingerprint density at radius 2 is 1.92 bits per heavy atom. The SMILES string of the molecule is COc1ccccc1-c1cc(-c2nc(-c3ccc(C)nn3)no2)[nH]n1. The van der Waals surface area contributed by atoms with Crippen LogP contribution in [0.25, 0.3) is 34.4 Å². The van der Waals surface area contributed by atoms with Gasteiger partial charge in [0.05, 0.1) is 18.5 Å². The molecule has 4 rings (SSSR count). The second-order valence-corrected chi connectivity index (χ2v) is 5.35. The minimum Gasteiger partial charge on any atom is -0.496 e. The lowest BCUT2D eigenvalue weighted by Crippen LogP contribution is -1.90. The topological polar surface area (TPSA) is 103 Å². The number of nitrogens with one attached hydrogen (secondary N) is 1. The van der Waals surface area contributed by atoms with Crippen LogP contribution in [0, 0.1) is 6.92 Å². The molecule has 0 fully saturated rings. The van der Waals surface area contributed by atoms with Gasteiger partial charge in [-0.25, -0.2) is 0 Å². The summed E-state index contributed by atoms with van der Waals surface area (Å²) in [4.78, 5) is 4.35. The van der Waals surface area contributed by atoms with Gasteiger partial charge in [0, 0.05) is 5.56 Å². The van der Waals surface area contributed by atoms with Crippen LogP contribution in [0.1, 0.15) is 5.69 Å². The number of ether oxygens (including phenoxy) is 1. The minimum atomic E-state index is 0.325. The lowest BCUT2D eigenvalue weighted by Gasteiger charge is -2.04. The van der Waals surface area contributed by atoms with E-state index in [0.717, 1.165) is 22.7 Å². The van der Waals surface area contributed by atoms with Crippen molar-refractivity contribution in [2.45, 2.75) is 6.92 Å². The number of aryl methyl sites for hydroxylation is 1. The first-order valence-electron chi connectivity index (χ1n) is 7.58. The van der Waals surface area contributed by atoms with Crippen LogP contribution < -0.4 is 4.74 Å². The van der Waals surface area contributed by atoms with Crippen LogP contribution >= 0.6 is 0 Å². The number of methoxy groups -OCH3 is 1. The molecular weight excluding hydrogens is 320 g/mol. The van der Waals surface area contributed by atoms with Crippen molar-refractivity contribution in [3.8, 4) is 40.1 Å². The average molecular weight is 334 g/mol. The standard InChI is InChI=1S/C17H14N6O2/c1-10-7-8-12(20-19-10)16-18-17(25-23-16)14-9-13(21-22-14)11-5-3-4-6-15(11)24-2/h3-9H,1-2H3,(H,21,22). The molecule has 124 valence electrons. The molecule has 0 bridgehead atoms. The molecule has 0 radical (unpaired) electrons. The van der Waals surface area contributed by atoms with E-state index in [4.69, 9.17) is 9.26 Å². The highest BCUT2D eigenvalue weighted by Gasteiger charge is 2.16. The molecule has 0 unspecified atom stereocenters. The molecule has 3 aromatic heterocycles. The lowest BCUT2D eigenvalue weighted by molar-refractivity contribution is 0.416. The molecular formula is C17H14N6O2. The van der Waals surface area contributed by atoms with E-state index in [-0.39, 0.29) is 0 Å². The number of rotatable bonds is 4. The second kappa shape index (κ2) is 6.16. The zero-order valence-corrected chi connectivity index (χ0v) is 13.6. The summed E-state index contributed by atoms with van der Waals surface area (Å²) in [5.41, 5.74) is 3.58. The summed E-state index contributed by atoms with van der Waals surface area (Å²) >= 11 is 0. The van der Waals surface area contributed by atoms with Gasteiger partial charge in [-0.2, -0.15) is 15.2 Å². The molecule has 4 aromatic rings. The van der Waals surface area contributed by atoms with Crippen molar-refractivity contribution in [3.63, 3.8) is 0 Å². The highest BCUT2D eigenvalue weighted by molar-refractivity contribution is 5.70. The van der Waals surface area contributed by atoms with E-state index >= 15 is 0 Å². The van der Waals surface area contributed by atoms with E-state index in [1.165, 1.54) is 0 Å². The highest BCUT2D eigenvalue weighted by Crippen LogP contribution is 2.30. The predicted octanol–water partition coefficient (Wildman–Crippen LogP) is 2.90. The van der Waals surface area contributed by atoms with Crippen molar-refractivity contribution >= 4 is 0 Å². The minimum absolute atomic E-state index is 0.325. The van der Waals surface area contributed by atoms with Crippen molar-refractivity contribution in [2.24, 2.45) is 0 Å². The number of aromatic nitrogens is 6. The molecule has 0 aliphatic carbocycles. The van der Waals surface area contributed by atoms with E-state index in [2.05, 4.69) is 30.5 Å². The zero-order valence-electron chi connectivity index (χ0n) is 13.6. The highest BCUT2D eigenvalue weighted by atomic mass is 16.5. The molecule has 0 saturated heterocycles. The number of benzene rings is 1. The number of hydrogen-bond donors (Lipinski definition) is 1. The summed E-state index contributed by atoms with van der Waals surface area (Å²) in [5, 5.41) is 19.2. The van der Waals surface area contributed by atoms with E-state index in [9.17, 15) is 0 Å². The fourth-order valence-electron chi connectivity index (χ4n) is 2.38. The van der Waals surface area contributed by atoms with Crippen molar-refractivity contribution in [3.05, 3.63) is 48.2 Å². The third-order valence-electron chi connectivity index (χ3n) is 3.64. The van der Waals surface area contributed by atoms with Gasteiger partial charge in [-0.15, -0.1) is 5.10 Å². The fraction of sp³-hybridized carbons (Fsp3) is 0.118. The Balaban J connectivity index is 1.66. The van der Waals surface area contributed by atoms with Gasteiger partial charge in [0.1, 0.15) is 17.1 Å². The Hall–Kier alpha value is -3.55. The number of nitrogens with zero attached hydrogens (tertiary/aromatic N) is 5. The van der Waals surface area contributed by atoms with Gasteiger partial charge in [0.25, 0.3) is 5.89 Å². The number of H-pyrrole nitrogens is 1. The van der Waals surface area contributed by atoms with E-state index < -0.39 is 0 Å². The van der Waals surface area contributed by atoms with Gasteiger partial charge in [-0.05, 0) is 37.3 Å². The van der Waals surface area contributed by atoms with Gasteiger partial charge in [0.2, 0.25) is 5.82 Å². The van der Waals surface area contributed by atoms with Crippen LogP contribution in [0.3, 0.4) is 0 Å². The molecule has 25 heavy (non-hydrogen) atoms. The first-order chi connectivity index (χ1) is 12.2. The van der Waals surface area contributed by atoms with Crippen molar-refractivity contribution in [2.75, 3.05) is 7.11 Å². The number of para-hydroxylation sites is 1. The van der Waals surface area contributed by atoms with E-state index in [0.29, 0.717) is 23.1 Å². The van der Waals surface area contributed by atoms with Crippen LogP contribution in [0.15, 0.2) is 47.0 Å². The second-order valence-electron chi connectivity index (χ2n) is 5.35. The molecule has 3 heterocycles. The normalized spacial score (nSPS) is 10.8. The molecule has 8 heteroatoms. The van der Waals surface area contributed by atoms with Crippen molar-refractivity contribution in [1.29, 1.82) is 0 Å². The van der Waals surface area contributed by atoms with Gasteiger partial charge < -0.3 is 9.26 Å². The Morgan fingerprint density at radius 1 is 1.04 bits per heavy atom. The Morgan fingerprint density at radius 3 is 2.72 bits per heavy atom. The van der Waals surface area contributed by atoms with Crippen LogP contribution in [0.4, 0.5) is 0 Å². The van der Waals surface area contributed by atoms with Crippen LogP contribution in [0.5, 0.6) is 5.75 Å². The van der Waals surface area contributed by atoms with E-state index in [1.54, 1.807) is 13.2 Å². The zero-order chi connectivity index (χ0) is 17.2. The summed E-state index contributed by atoms with van der Waals surface area (Å²) in [7, 11) is 1.62. The largest absolute Gasteiger partial charge is 0.496 e.